The number of aliphatic hydroxyl groups excluding tert-OH is 1. The molecular formula is C32H27FN4O. The fourth-order valence-electron chi connectivity index (χ4n) is 6.37. The highest BCUT2D eigenvalue weighted by Gasteiger charge is 2.50. The van der Waals surface area contributed by atoms with Crippen molar-refractivity contribution in [1.29, 1.82) is 5.26 Å². The van der Waals surface area contributed by atoms with E-state index in [0.29, 0.717) is 35.5 Å². The van der Waals surface area contributed by atoms with Crippen LogP contribution in [0.4, 0.5) is 4.39 Å². The summed E-state index contributed by atoms with van der Waals surface area (Å²) in [7, 11) is 0. The maximum atomic E-state index is 15.2. The molecule has 188 valence electrons. The quantitative estimate of drug-likeness (QED) is 0.320. The standard InChI is InChI=1S/C32H27FN4O/c1-19-25-13-12-24-28(23-10-6-7-11-26(23)33)36-31(37-30(24)32(25,2)17-22(18-34)29(19)38)21-14-15-35-27(16-21)20-8-4-3-5-9-20/h3-11,14-16,19,25,38H,12-13,17H2,1-2H3/t19-,25-,32-/m1/s1. The van der Waals surface area contributed by atoms with Crippen LogP contribution in [0.5, 0.6) is 0 Å². The van der Waals surface area contributed by atoms with Gasteiger partial charge in [-0.15, -0.1) is 0 Å². The van der Waals surface area contributed by atoms with Gasteiger partial charge in [0.25, 0.3) is 0 Å². The third-order valence-electron chi connectivity index (χ3n) is 8.31. The van der Waals surface area contributed by atoms with Crippen LogP contribution in [0.2, 0.25) is 0 Å². The van der Waals surface area contributed by atoms with E-state index in [4.69, 9.17) is 9.97 Å². The Bertz CT molecular complexity index is 1620. The van der Waals surface area contributed by atoms with E-state index in [2.05, 4.69) is 18.0 Å². The van der Waals surface area contributed by atoms with Gasteiger partial charge >= 0.3 is 0 Å². The summed E-state index contributed by atoms with van der Waals surface area (Å²) >= 11 is 0. The Kier molecular flexibility index (Phi) is 5.80. The molecule has 3 atom stereocenters. The lowest BCUT2D eigenvalue weighted by Gasteiger charge is -2.48. The van der Waals surface area contributed by atoms with Crippen LogP contribution in [0.25, 0.3) is 33.9 Å². The Morgan fingerprint density at radius 2 is 1.79 bits per heavy atom. The zero-order valence-electron chi connectivity index (χ0n) is 21.3. The van der Waals surface area contributed by atoms with Crippen LogP contribution in [0.1, 0.15) is 37.9 Å². The zero-order valence-corrected chi connectivity index (χ0v) is 21.3. The molecule has 38 heavy (non-hydrogen) atoms. The van der Waals surface area contributed by atoms with Crippen LogP contribution in [-0.4, -0.2) is 20.1 Å². The molecule has 1 N–H and O–H groups in total. The lowest BCUT2D eigenvalue weighted by Crippen LogP contribution is -2.45. The molecule has 0 fully saturated rings. The molecule has 5 nitrogen and oxygen atoms in total. The fourth-order valence-corrected chi connectivity index (χ4v) is 6.37. The molecule has 0 radical (unpaired) electrons. The van der Waals surface area contributed by atoms with E-state index in [1.54, 1.807) is 18.3 Å². The predicted octanol–water partition coefficient (Wildman–Crippen LogP) is 7.21. The number of rotatable bonds is 3. The lowest BCUT2D eigenvalue weighted by atomic mass is 9.56. The van der Waals surface area contributed by atoms with Crippen LogP contribution < -0.4 is 0 Å². The molecule has 2 aromatic carbocycles. The Labute approximate surface area is 221 Å². The van der Waals surface area contributed by atoms with E-state index in [-0.39, 0.29) is 23.4 Å². The van der Waals surface area contributed by atoms with Gasteiger partial charge in [-0.3, -0.25) is 4.98 Å². The SMILES string of the molecule is C[C@H]1C(O)=C(C#N)C[C@@]2(C)c3nc(-c4ccnc(-c5ccccc5)c4)nc(-c4ccccc4F)c3CC[C@H]12. The van der Waals surface area contributed by atoms with Crippen molar-refractivity contribution in [2.75, 3.05) is 0 Å². The van der Waals surface area contributed by atoms with Crippen molar-refractivity contribution in [1.82, 2.24) is 15.0 Å². The highest BCUT2D eigenvalue weighted by atomic mass is 19.1. The van der Waals surface area contributed by atoms with Gasteiger partial charge in [-0.05, 0) is 49.4 Å². The number of allylic oxidation sites excluding steroid dienone is 2. The maximum Gasteiger partial charge on any atom is 0.160 e. The zero-order chi connectivity index (χ0) is 26.4. The number of halogens is 1. The molecule has 0 spiro atoms. The number of pyridine rings is 1. The van der Waals surface area contributed by atoms with Gasteiger partial charge in [-0.2, -0.15) is 5.26 Å². The first kappa shape index (κ1) is 24.0. The van der Waals surface area contributed by atoms with Gasteiger partial charge in [0.05, 0.1) is 28.7 Å². The smallest absolute Gasteiger partial charge is 0.160 e. The second-order valence-corrected chi connectivity index (χ2v) is 10.5. The molecule has 0 saturated carbocycles. The summed E-state index contributed by atoms with van der Waals surface area (Å²) in [5.41, 5.74) is 5.24. The first-order valence-electron chi connectivity index (χ1n) is 12.9. The van der Waals surface area contributed by atoms with Crippen LogP contribution in [-0.2, 0) is 11.8 Å². The minimum absolute atomic E-state index is 0.0978. The number of nitriles is 1. The van der Waals surface area contributed by atoms with E-state index in [9.17, 15) is 10.4 Å². The Balaban J connectivity index is 1.59. The minimum atomic E-state index is -0.503. The fraction of sp³-hybridized carbons (Fsp3) is 0.250. The molecule has 4 aromatic rings. The first-order chi connectivity index (χ1) is 18.4. The van der Waals surface area contributed by atoms with Crippen molar-refractivity contribution in [3.8, 4) is 40.0 Å². The highest BCUT2D eigenvalue weighted by Crippen LogP contribution is 2.54. The van der Waals surface area contributed by atoms with Crippen molar-refractivity contribution in [2.24, 2.45) is 11.8 Å². The average Bonchev–Trinajstić information content (AvgIpc) is 2.95. The summed E-state index contributed by atoms with van der Waals surface area (Å²) in [6.07, 6.45) is 3.59. The van der Waals surface area contributed by atoms with Crippen molar-refractivity contribution < 1.29 is 9.50 Å². The van der Waals surface area contributed by atoms with Crippen molar-refractivity contribution in [3.63, 3.8) is 0 Å². The minimum Gasteiger partial charge on any atom is -0.511 e. The molecule has 2 aliphatic rings. The van der Waals surface area contributed by atoms with Gasteiger partial charge in [0.1, 0.15) is 11.6 Å². The molecule has 2 aliphatic carbocycles. The largest absolute Gasteiger partial charge is 0.511 e. The summed E-state index contributed by atoms with van der Waals surface area (Å²) in [4.78, 5) is 14.7. The number of hydrogen-bond acceptors (Lipinski definition) is 5. The topological polar surface area (TPSA) is 82.7 Å². The van der Waals surface area contributed by atoms with Crippen LogP contribution in [0, 0.1) is 29.0 Å². The number of nitrogens with zero attached hydrogens (tertiary/aromatic N) is 4. The van der Waals surface area contributed by atoms with Crippen molar-refractivity contribution in [3.05, 3.63) is 101 Å². The molecule has 2 heterocycles. The van der Waals surface area contributed by atoms with Gasteiger partial charge in [-0.1, -0.05) is 56.3 Å². The molecule has 6 heteroatoms. The summed E-state index contributed by atoms with van der Waals surface area (Å²) in [6, 6.07) is 22.7. The number of benzene rings is 2. The maximum absolute atomic E-state index is 15.2. The van der Waals surface area contributed by atoms with Gasteiger partial charge in [0.2, 0.25) is 0 Å². The van der Waals surface area contributed by atoms with E-state index < -0.39 is 5.41 Å². The third-order valence-corrected chi connectivity index (χ3v) is 8.31. The summed E-state index contributed by atoms with van der Waals surface area (Å²) < 4.78 is 15.2. The van der Waals surface area contributed by atoms with Crippen LogP contribution >= 0.6 is 0 Å². The van der Waals surface area contributed by atoms with E-state index in [1.807, 2.05) is 55.5 Å². The number of hydrogen-bond donors (Lipinski definition) is 1. The monoisotopic (exact) mass is 502 g/mol. The molecular weight excluding hydrogens is 475 g/mol. The molecule has 0 saturated heterocycles. The number of fused-ring (bicyclic) bond motifs is 3. The predicted molar refractivity (Wildman–Crippen MR) is 144 cm³/mol. The van der Waals surface area contributed by atoms with Gasteiger partial charge in [0, 0.05) is 39.8 Å². The van der Waals surface area contributed by atoms with Crippen molar-refractivity contribution >= 4 is 0 Å². The molecule has 0 bridgehead atoms. The first-order valence-corrected chi connectivity index (χ1v) is 12.9. The molecule has 0 aliphatic heterocycles. The summed E-state index contributed by atoms with van der Waals surface area (Å²) in [5.74, 6) is 0.272. The normalized spacial score (nSPS) is 22.4. The highest BCUT2D eigenvalue weighted by molar-refractivity contribution is 5.72. The lowest BCUT2D eigenvalue weighted by molar-refractivity contribution is 0.136. The second kappa shape index (κ2) is 9.18. The van der Waals surface area contributed by atoms with Gasteiger partial charge in [0.15, 0.2) is 5.82 Å². The average molecular weight is 503 g/mol. The van der Waals surface area contributed by atoms with E-state index >= 15 is 4.39 Å². The molecule has 2 aromatic heterocycles. The van der Waals surface area contributed by atoms with Gasteiger partial charge < -0.3 is 5.11 Å². The Morgan fingerprint density at radius 1 is 1.03 bits per heavy atom. The number of aliphatic hydroxyl groups is 1. The molecule has 6 rings (SSSR count). The molecule has 0 amide bonds. The third kappa shape index (κ3) is 3.78. The summed E-state index contributed by atoms with van der Waals surface area (Å²) in [6.45, 7) is 4.11. The van der Waals surface area contributed by atoms with E-state index in [1.165, 1.54) is 6.07 Å². The van der Waals surface area contributed by atoms with Crippen LogP contribution in [0.15, 0.2) is 84.3 Å². The Hall–Kier alpha value is -4.37. The van der Waals surface area contributed by atoms with Crippen molar-refractivity contribution in [2.45, 2.75) is 38.5 Å². The summed E-state index contributed by atoms with van der Waals surface area (Å²) in [5, 5.41) is 20.6. The van der Waals surface area contributed by atoms with E-state index in [0.717, 1.165) is 34.5 Å². The number of aromatic nitrogens is 3. The van der Waals surface area contributed by atoms with Crippen LogP contribution in [0.3, 0.4) is 0 Å². The van der Waals surface area contributed by atoms with Gasteiger partial charge in [-0.25, -0.2) is 14.4 Å². The molecule has 0 unspecified atom stereocenters. The Morgan fingerprint density at radius 3 is 2.55 bits per heavy atom. The second-order valence-electron chi connectivity index (χ2n) is 10.5.